The Morgan fingerprint density at radius 1 is 1.13 bits per heavy atom. The standard InChI is InChI=1S/C11H11BrN2O/c12-11-13-10(15-14-11)8-4-7-9-5-2-1-3-6-9/h1-3,5-6H,4,7-8H2. The van der Waals surface area contributed by atoms with E-state index in [1.807, 2.05) is 6.07 Å². The molecule has 1 aromatic carbocycles. The topological polar surface area (TPSA) is 38.9 Å². The Bertz CT molecular complexity index is 414. The molecule has 0 saturated carbocycles. The molecular weight excluding hydrogens is 256 g/mol. The smallest absolute Gasteiger partial charge is 0.238 e. The quantitative estimate of drug-likeness (QED) is 0.854. The highest BCUT2D eigenvalue weighted by Crippen LogP contribution is 2.08. The van der Waals surface area contributed by atoms with Gasteiger partial charge in [0.1, 0.15) is 0 Å². The molecule has 2 rings (SSSR count). The van der Waals surface area contributed by atoms with E-state index in [1.165, 1.54) is 5.56 Å². The average Bonchev–Trinajstić information content (AvgIpc) is 2.66. The first kappa shape index (κ1) is 10.4. The van der Waals surface area contributed by atoms with Gasteiger partial charge in [0.25, 0.3) is 0 Å². The first-order chi connectivity index (χ1) is 7.34. The SMILES string of the molecule is Brc1noc(CCCc2ccccc2)n1. The summed E-state index contributed by atoms with van der Waals surface area (Å²) in [7, 11) is 0. The van der Waals surface area contributed by atoms with Gasteiger partial charge in [-0.3, -0.25) is 0 Å². The van der Waals surface area contributed by atoms with E-state index in [0.29, 0.717) is 10.6 Å². The second-order valence-corrected chi connectivity index (χ2v) is 4.01. The van der Waals surface area contributed by atoms with E-state index in [2.05, 4.69) is 50.3 Å². The molecule has 1 aromatic heterocycles. The summed E-state index contributed by atoms with van der Waals surface area (Å²) >= 11 is 3.15. The molecule has 0 atom stereocenters. The summed E-state index contributed by atoms with van der Waals surface area (Å²) in [6, 6.07) is 10.4. The number of nitrogens with zero attached hydrogens (tertiary/aromatic N) is 2. The normalized spacial score (nSPS) is 10.5. The van der Waals surface area contributed by atoms with Crippen molar-refractivity contribution in [1.29, 1.82) is 0 Å². The molecule has 0 N–H and O–H groups in total. The lowest BCUT2D eigenvalue weighted by Gasteiger charge is -1.97. The zero-order chi connectivity index (χ0) is 10.5. The van der Waals surface area contributed by atoms with Crippen LogP contribution in [0.4, 0.5) is 0 Å². The van der Waals surface area contributed by atoms with Crippen LogP contribution in [0.25, 0.3) is 0 Å². The van der Waals surface area contributed by atoms with Crippen molar-refractivity contribution in [3.63, 3.8) is 0 Å². The molecule has 0 saturated heterocycles. The van der Waals surface area contributed by atoms with Gasteiger partial charge in [-0.25, -0.2) is 0 Å². The fourth-order valence-corrected chi connectivity index (χ4v) is 1.69. The number of aryl methyl sites for hydroxylation is 2. The largest absolute Gasteiger partial charge is 0.338 e. The molecule has 0 bridgehead atoms. The Morgan fingerprint density at radius 3 is 2.60 bits per heavy atom. The zero-order valence-corrected chi connectivity index (χ0v) is 9.77. The first-order valence-corrected chi connectivity index (χ1v) is 5.66. The van der Waals surface area contributed by atoms with Gasteiger partial charge in [-0.15, -0.1) is 0 Å². The summed E-state index contributed by atoms with van der Waals surface area (Å²) in [4.78, 5) is 4.08. The lowest BCUT2D eigenvalue weighted by molar-refractivity contribution is 0.372. The van der Waals surface area contributed by atoms with Crippen molar-refractivity contribution in [3.05, 3.63) is 46.5 Å². The maximum Gasteiger partial charge on any atom is 0.238 e. The Morgan fingerprint density at radius 2 is 1.93 bits per heavy atom. The van der Waals surface area contributed by atoms with Crippen LogP contribution in [0.1, 0.15) is 17.9 Å². The van der Waals surface area contributed by atoms with Crippen LogP contribution in [0.3, 0.4) is 0 Å². The third kappa shape index (κ3) is 3.16. The number of aromatic nitrogens is 2. The van der Waals surface area contributed by atoms with Crippen molar-refractivity contribution in [2.24, 2.45) is 0 Å². The predicted octanol–water partition coefficient (Wildman–Crippen LogP) is 3.01. The van der Waals surface area contributed by atoms with Crippen LogP contribution in [0.15, 0.2) is 39.6 Å². The van der Waals surface area contributed by atoms with Crippen LogP contribution >= 0.6 is 15.9 Å². The van der Waals surface area contributed by atoms with Crippen molar-refractivity contribution in [1.82, 2.24) is 10.1 Å². The molecule has 0 radical (unpaired) electrons. The van der Waals surface area contributed by atoms with E-state index >= 15 is 0 Å². The van der Waals surface area contributed by atoms with Crippen molar-refractivity contribution in [2.45, 2.75) is 19.3 Å². The van der Waals surface area contributed by atoms with E-state index in [9.17, 15) is 0 Å². The predicted molar refractivity (Wildman–Crippen MR) is 60.5 cm³/mol. The van der Waals surface area contributed by atoms with Crippen molar-refractivity contribution in [3.8, 4) is 0 Å². The van der Waals surface area contributed by atoms with Gasteiger partial charge in [0.2, 0.25) is 10.6 Å². The van der Waals surface area contributed by atoms with Crippen LogP contribution < -0.4 is 0 Å². The summed E-state index contributed by atoms with van der Waals surface area (Å²) in [6.45, 7) is 0. The van der Waals surface area contributed by atoms with E-state index in [1.54, 1.807) is 0 Å². The van der Waals surface area contributed by atoms with Crippen molar-refractivity contribution in [2.75, 3.05) is 0 Å². The second-order valence-electron chi connectivity index (χ2n) is 3.30. The summed E-state index contributed by atoms with van der Waals surface area (Å²) in [6.07, 6.45) is 2.90. The maximum absolute atomic E-state index is 4.99. The number of rotatable bonds is 4. The fraction of sp³-hybridized carbons (Fsp3) is 0.273. The van der Waals surface area contributed by atoms with Gasteiger partial charge >= 0.3 is 0 Å². The van der Waals surface area contributed by atoms with Gasteiger partial charge in [-0.05, 0) is 39.5 Å². The molecule has 2 aromatic rings. The minimum atomic E-state index is 0.525. The summed E-state index contributed by atoms with van der Waals surface area (Å²) < 4.78 is 5.52. The van der Waals surface area contributed by atoms with E-state index < -0.39 is 0 Å². The number of halogens is 1. The van der Waals surface area contributed by atoms with Gasteiger partial charge in [-0.2, -0.15) is 4.98 Å². The van der Waals surface area contributed by atoms with E-state index in [0.717, 1.165) is 19.3 Å². The molecule has 78 valence electrons. The molecule has 0 amide bonds. The highest BCUT2D eigenvalue weighted by atomic mass is 79.9. The van der Waals surface area contributed by atoms with Crippen molar-refractivity contribution < 1.29 is 4.52 Å². The third-order valence-electron chi connectivity index (χ3n) is 2.14. The number of hydrogen-bond acceptors (Lipinski definition) is 3. The van der Waals surface area contributed by atoms with Gasteiger partial charge in [-0.1, -0.05) is 30.3 Å². The summed E-state index contributed by atoms with van der Waals surface area (Å²) in [5.74, 6) is 0.692. The van der Waals surface area contributed by atoms with Crippen LogP contribution in [0.5, 0.6) is 0 Å². The van der Waals surface area contributed by atoms with Crippen LogP contribution in [-0.2, 0) is 12.8 Å². The average molecular weight is 267 g/mol. The minimum Gasteiger partial charge on any atom is -0.338 e. The Hall–Kier alpha value is -1.16. The minimum absolute atomic E-state index is 0.525. The van der Waals surface area contributed by atoms with Crippen LogP contribution in [0.2, 0.25) is 0 Å². The fourth-order valence-electron chi connectivity index (χ4n) is 1.42. The third-order valence-corrected chi connectivity index (χ3v) is 2.46. The molecule has 0 spiro atoms. The Labute approximate surface area is 96.6 Å². The monoisotopic (exact) mass is 266 g/mol. The Kier molecular flexibility index (Phi) is 3.50. The van der Waals surface area contributed by atoms with Gasteiger partial charge in [0.05, 0.1) is 0 Å². The van der Waals surface area contributed by atoms with Gasteiger partial charge in [0, 0.05) is 6.42 Å². The summed E-state index contributed by atoms with van der Waals surface area (Å²) in [5.41, 5.74) is 1.34. The molecule has 3 nitrogen and oxygen atoms in total. The molecule has 0 unspecified atom stereocenters. The Balaban J connectivity index is 1.80. The molecule has 0 aliphatic carbocycles. The number of benzene rings is 1. The zero-order valence-electron chi connectivity index (χ0n) is 8.19. The first-order valence-electron chi connectivity index (χ1n) is 4.86. The highest BCUT2D eigenvalue weighted by molar-refractivity contribution is 9.10. The van der Waals surface area contributed by atoms with E-state index in [-0.39, 0.29) is 0 Å². The molecule has 0 fully saturated rings. The molecule has 4 heteroatoms. The molecule has 0 aliphatic heterocycles. The van der Waals surface area contributed by atoms with Crippen LogP contribution in [-0.4, -0.2) is 10.1 Å². The molecule has 1 heterocycles. The molecule has 15 heavy (non-hydrogen) atoms. The molecule has 0 aliphatic rings. The summed E-state index contributed by atoms with van der Waals surface area (Å²) in [5, 5.41) is 3.67. The molecular formula is C11H11BrN2O. The second kappa shape index (κ2) is 5.07. The highest BCUT2D eigenvalue weighted by Gasteiger charge is 2.02. The van der Waals surface area contributed by atoms with E-state index in [4.69, 9.17) is 4.52 Å². The number of hydrogen-bond donors (Lipinski definition) is 0. The lowest BCUT2D eigenvalue weighted by Crippen LogP contribution is -1.89. The lowest BCUT2D eigenvalue weighted by atomic mass is 10.1. The van der Waals surface area contributed by atoms with Gasteiger partial charge in [0.15, 0.2) is 0 Å². The van der Waals surface area contributed by atoms with Gasteiger partial charge < -0.3 is 4.52 Å². The van der Waals surface area contributed by atoms with Crippen LogP contribution in [0, 0.1) is 0 Å². The maximum atomic E-state index is 4.99. The van der Waals surface area contributed by atoms with Crippen molar-refractivity contribution >= 4 is 15.9 Å².